The van der Waals surface area contributed by atoms with Crippen molar-refractivity contribution in [3.8, 4) is 0 Å². The number of unbranched alkanes of at least 4 members (excludes halogenated alkanes) is 1. The van der Waals surface area contributed by atoms with E-state index in [0.29, 0.717) is 5.95 Å². The summed E-state index contributed by atoms with van der Waals surface area (Å²) in [5.74, 6) is 7.36. The van der Waals surface area contributed by atoms with E-state index in [4.69, 9.17) is 5.84 Å². The highest BCUT2D eigenvalue weighted by molar-refractivity contribution is 5.41. The molecule has 5 nitrogen and oxygen atoms in total. The average Bonchev–Trinajstić information content (AvgIpc) is 2.27. The van der Waals surface area contributed by atoms with Crippen molar-refractivity contribution in [1.82, 2.24) is 9.97 Å². The summed E-state index contributed by atoms with van der Waals surface area (Å²) in [6.07, 6.45) is 3.68. The van der Waals surface area contributed by atoms with Crippen LogP contribution in [-0.2, 0) is 0 Å². The summed E-state index contributed by atoms with van der Waals surface area (Å²) in [4.78, 5) is 8.36. The van der Waals surface area contributed by atoms with E-state index in [0.717, 1.165) is 30.4 Å². The molecule has 0 saturated heterocycles. The van der Waals surface area contributed by atoms with E-state index in [2.05, 4.69) is 34.6 Å². The number of aryl methyl sites for hydroxylation is 1. The molecule has 0 radical (unpaired) electrons. The van der Waals surface area contributed by atoms with Crippen molar-refractivity contribution < 1.29 is 0 Å². The van der Waals surface area contributed by atoms with Gasteiger partial charge in [-0.2, -0.15) is 4.98 Å². The van der Waals surface area contributed by atoms with Gasteiger partial charge < -0.3 is 5.32 Å². The van der Waals surface area contributed by atoms with Crippen LogP contribution in [0.3, 0.4) is 0 Å². The number of nitrogens with one attached hydrogen (secondary N) is 2. The van der Waals surface area contributed by atoms with Gasteiger partial charge in [-0.05, 0) is 19.3 Å². The predicted octanol–water partition coefficient (Wildman–Crippen LogP) is 2.31. The lowest BCUT2D eigenvalue weighted by atomic mass is 10.1. The maximum atomic E-state index is 5.29. The molecular formula is C12H23N5. The highest BCUT2D eigenvalue weighted by Gasteiger charge is 2.00. The smallest absolute Gasteiger partial charge is 0.239 e. The second kappa shape index (κ2) is 7.06. The third kappa shape index (κ3) is 5.49. The molecule has 0 aliphatic carbocycles. The van der Waals surface area contributed by atoms with E-state index in [-0.39, 0.29) is 0 Å². The van der Waals surface area contributed by atoms with E-state index in [9.17, 15) is 0 Å². The molecule has 96 valence electrons. The number of hydrazine groups is 1. The van der Waals surface area contributed by atoms with E-state index in [1.165, 1.54) is 12.8 Å². The van der Waals surface area contributed by atoms with Crippen LogP contribution in [0.1, 0.15) is 38.8 Å². The number of anilines is 2. The molecule has 1 aromatic heterocycles. The fourth-order valence-electron chi connectivity index (χ4n) is 1.62. The Morgan fingerprint density at radius 2 is 2.06 bits per heavy atom. The predicted molar refractivity (Wildman–Crippen MR) is 71.8 cm³/mol. The van der Waals surface area contributed by atoms with Crippen molar-refractivity contribution in [3.63, 3.8) is 0 Å². The number of rotatable bonds is 7. The third-order valence-corrected chi connectivity index (χ3v) is 2.50. The molecule has 17 heavy (non-hydrogen) atoms. The minimum atomic E-state index is 0.453. The summed E-state index contributed by atoms with van der Waals surface area (Å²) in [6.45, 7) is 7.36. The van der Waals surface area contributed by atoms with Crippen LogP contribution in [0, 0.1) is 12.8 Å². The van der Waals surface area contributed by atoms with Crippen LogP contribution in [-0.4, -0.2) is 16.5 Å². The molecule has 1 aromatic rings. The van der Waals surface area contributed by atoms with Crippen LogP contribution < -0.4 is 16.6 Å². The normalized spacial score (nSPS) is 10.6. The Hall–Kier alpha value is -1.36. The van der Waals surface area contributed by atoms with Crippen molar-refractivity contribution >= 4 is 11.8 Å². The first kappa shape index (κ1) is 13.7. The minimum Gasteiger partial charge on any atom is -0.370 e. The second-order valence-electron chi connectivity index (χ2n) is 4.68. The van der Waals surface area contributed by atoms with Crippen molar-refractivity contribution in [2.45, 2.75) is 40.0 Å². The molecule has 0 amide bonds. The van der Waals surface area contributed by atoms with Crippen LogP contribution in [0.5, 0.6) is 0 Å². The van der Waals surface area contributed by atoms with Crippen LogP contribution in [0.15, 0.2) is 6.07 Å². The molecule has 0 aromatic carbocycles. The zero-order valence-electron chi connectivity index (χ0n) is 11.0. The number of hydrogen-bond donors (Lipinski definition) is 3. The zero-order chi connectivity index (χ0) is 12.7. The van der Waals surface area contributed by atoms with Gasteiger partial charge in [-0.15, -0.1) is 0 Å². The highest BCUT2D eigenvalue weighted by Crippen LogP contribution is 2.10. The quantitative estimate of drug-likeness (QED) is 0.385. The number of nitrogens with zero attached hydrogens (tertiary/aromatic N) is 2. The Morgan fingerprint density at radius 1 is 1.29 bits per heavy atom. The highest BCUT2D eigenvalue weighted by atomic mass is 15.3. The summed E-state index contributed by atoms with van der Waals surface area (Å²) in [6, 6.07) is 1.92. The Labute approximate surface area is 103 Å². The van der Waals surface area contributed by atoms with Crippen LogP contribution in [0.25, 0.3) is 0 Å². The van der Waals surface area contributed by atoms with Gasteiger partial charge in [0.25, 0.3) is 0 Å². The maximum Gasteiger partial charge on any atom is 0.239 e. The Balaban J connectivity index is 2.33. The average molecular weight is 237 g/mol. The monoisotopic (exact) mass is 237 g/mol. The molecule has 5 heteroatoms. The fourth-order valence-corrected chi connectivity index (χ4v) is 1.62. The van der Waals surface area contributed by atoms with Gasteiger partial charge in [0, 0.05) is 18.3 Å². The summed E-state index contributed by atoms with van der Waals surface area (Å²) in [7, 11) is 0. The first-order valence-electron chi connectivity index (χ1n) is 6.18. The maximum absolute atomic E-state index is 5.29. The molecule has 0 bridgehead atoms. The molecule has 0 aliphatic heterocycles. The van der Waals surface area contributed by atoms with Crippen LogP contribution in [0.4, 0.5) is 11.8 Å². The lowest BCUT2D eigenvalue weighted by molar-refractivity contribution is 0.544. The summed E-state index contributed by atoms with van der Waals surface area (Å²) >= 11 is 0. The van der Waals surface area contributed by atoms with Crippen molar-refractivity contribution in [3.05, 3.63) is 11.8 Å². The Kier molecular flexibility index (Phi) is 5.69. The van der Waals surface area contributed by atoms with Crippen molar-refractivity contribution in [2.75, 3.05) is 17.3 Å². The molecule has 0 saturated carbocycles. The molecule has 0 atom stereocenters. The van der Waals surface area contributed by atoms with Gasteiger partial charge in [0.2, 0.25) is 5.95 Å². The molecule has 1 rings (SSSR count). The third-order valence-electron chi connectivity index (χ3n) is 2.50. The minimum absolute atomic E-state index is 0.453. The van der Waals surface area contributed by atoms with Gasteiger partial charge in [0.1, 0.15) is 5.82 Å². The second-order valence-corrected chi connectivity index (χ2v) is 4.68. The lowest BCUT2D eigenvalue weighted by Gasteiger charge is -2.08. The topological polar surface area (TPSA) is 75.9 Å². The number of aromatic nitrogens is 2. The number of nitrogen functional groups attached to an aromatic ring is 1. The van der Waals surface area contributed by atoms with Gasteiger partial charge in [-0.3, -0.25) is 5.43 Å². The SMILES string of the molecule is Cc1cc(NCCCCC(C)C)nc(NN)n1. The fraction of sp³-hybridized carbons (Fsp3) is 0.667. The largest absolute Gasteiger partial charge is 0.370 e. The molecular weight excluding hydrogens is 214 g/mol. The van der Waals surface area contributed by atoms with Crippen molar-refractivity contribution in [1.29, 1.82) is 0 Å². The van der Waals surface area contributed by atoms with Crippen LogP contribution in [0.2, 0.25) is 0 Å². The van der Waals surface area contributed by atoms with Crippen LogP contribution >= 0.6 is 0 Å². The first-order chi connectivity index (χ1) is 8.11. The van der Waals surface area contributed by atoms with Gasteiger partial charge in [-0.1, -0.05) is 26.7 Å². The Morgan fingerprint density at radius 3 is 2.71 bits per heavy atom. The molecule has 0 spiro atoms. The van der Waals surface area contributed by atoms with Gasteiger partial charge in [0.15, 0.2) is 0 Å². The van der Waals surface area contributed by atoms with Gasteiger partial charge >= 0.3 is 0 Å². The van der Waals surface area contributed by atoms with E-state index >= 15 is 0 Å². The number of nitrogens with two attached hydrogens (primary N) is 1. The van der Waals surface area contributed by atoms with Crippen molar-refractivity contribution in [2.24, 2.45) is 11.8 Å². The lowest BCUT2D eigenvalue weighted by Crippen LogP contribution is -2.13. The molecule has 0 aliphatic rings. The first-order valence-corrected chi connectivity index (χ1v) is 6.18. The van der Waals surface area contributed by atoms with E-state index in [1.807, 2.05) is 13.0 Å². The molecule has 0 unspecified atom stereocenters. The van der Waals surface area contributed by atoms with Gasteiger partial charge in [-0.25, -0.2) is 10.8 Å². The van der Waals surface area contributed by atoms with E-state index in [1.54, 1.807) is 0 Å². The standard InChI is InChI=1S/C12H23N5/c1-9(2)6-4-5-7-14-11-8-10(3)15-12(16-11)17-13/h8-9H,4-7,13H2,1-3H3,(H2,14,15,16,17). The number of hydrogen-bond acceptors (Lipinski definition) is 5. The molecule has 4 N–H and O–H groups in total. The summed E-state index contributed by atoms with van der Waals surface area (Å²) in [5, 5.41) is 3.29. The summed E-state index contributed by atoms with van der Waals surface area (Å²) in [5.41, 5.74) is 3.36. The van der Waals surface area contributed by atoms with E-state index < -0.39 is 0 Å². The molecule has 0 fully saturated rings. The van der Waals surface area contributed by atoms with Gasteiger partial charge in [0.05, 0.1) is 0 Å². The molecule has 1 heterocycles. The zero-order valence-corrected chi connectivity index (χ0v) is 11.0. The Bertz CT molecular complexity index is 338. The summed E-state index contributed by atoms with van der Waals surface area (Å²) < 4.78 is 0.